The van der Waals surface area contributed by atoms with Crippen molar-refractivity contribution in [3.05, 3.63) is 21.1 Å². The molecule has 0 aromatic carbocycles. The maximum absolute atomic E-state index is 11.1. The Labute approximate surface area is 129 Å². The topological polar surface area (TPSA) is 81.0 Å². The van der Waals surface area contributed by atoms with Crippen LogP contribution in [0.1, 0.15) is 44.7 Å². The van der Waals surface area contributed by atoms with Crippen molar-refractivity contribution in [1.29, 1.82) is 0 Å². The number of anilines is 1. The molecule has 2 rings (SSSR count). The Balaban J connectivity index is 2.02. The Morgan fingerprint density at radius 1 is 1.29 bits per heavy atom. The largest absolute Gasteiger partial charge is 0.364 e. The van der Waals surface area contributed by atoms with Crippen LogP contribution in [-0.4, -0.2) is 21.4 Å². The summed E-state index contributed by atoms with van der Waals surface area (Å²) in [6.45, 7) is 4.51. The zero-order valence-corrected chi connectivity index (χ0v) is 13.2. The van der Waals surface area contributed by atoms with Gasteiger partial charge in [0.15, 0.2) is 0 Å². The van der Waals surface area contributed by atoms with E-state index in [9.17, 15) is 10.1 Å². The lowest BCUT2D eigenvalue weighted by Gasteiger charge is -2.27. The lowest BCUT2D eigenvalue weighted by Crippen LogP contribution is -2.22. The van der Waals surface area contributed by atoms with E-state index in [1.165, 1.54) is 19.3 Å². The molecule has 21 heavy (non-hydrogen) atoms. The maximum Gasteiger partial charge on any atom is 0.332 e. The van der Waals surface area contributed by atoms with Gasteiger partial charge in [-0.1, -0.05) is 26.2 Å². The van der Waals surface area contributed by atoms with E-state index in [4.69, 9.17) is 11.6 Å². The Bertz CT molecular complexity index is 516. The highest BCUT2D eigenvalue weighted by atomic mass is 35.5. The summed E-state index contributed by atoms with van der Waals surface area (Å²) < 4.78 is 0. The Morgan fingerprint density at radius 3 is 2.48 bits per heavy atom. The van der Waals surface area contributed by atoms with E-state index in [0.29, 0.717) is 12.5 Å². The van der Waals surface area contributed by atoms with Gasteiger partial charge in [0, 0.05) is 6.54 Å². The second-order valence-electron chi connectivity index (χ2n) is 5.71. The number of aromatic nitrogens is 2. The normalized spacial score (nSPS) is 22.0. The minimum Gasteiger partial charge on any atom is -0.364 e. The maximum atomic E-state index is 11.1. The van der Waals surface area contributed by atoms with Crippen LogP contribution in [0.2, 0.25) is 5.28 Å². The molecular weight excluding hydrogens is 292 g/mol. The Hall–Kier alpha value is -1.43. The predicted octanol–water partition coefficient (Wildman–Crippen LogP) is 3.97. The summed E-state index contributed by atoms with van der Waals surface area (Å²) in [6.07, 6.45) is 6.06. The van der Waals surface area contributed by atoms with Crippen LogP contribution in [-0.2, 0) is 0 Å². The van der Waals surface area contributed by atoms with E-state index >= 15 is 0 Å². The molecule has 0 bridgehead atoms. The molecule has 1 fully saturated rings. The van der Waals surface area contributed by atoms with Crippen molar-refractivity contribution in [3.8, 4) is 0 Å². The number of nitro groups is 1. The highest BCUT2D eigenvalue weighted by Crippen LogP contribution is 2.32. The second-order valence-corrected chi connectivity index (χ2v) is 6.05. The predicted molar refractivity (Wildman–Crippen MR) is 82.7 cm³/mol. The molecule has 116 valence electrons. The van der Waals surface area contributed by atoms with Crippen LogP contribution < -0.4 is 5.32 Å². The molecule has 0 radical (unpaired) electrons. The van der Waals surface area contributed by atoms with E-state index in [0.717, 1.165) is 18.8 Å². The standard InChI is InChI=1S/C14H21ClN4O2/c1-3-10-4-6-11(7-5-10)8-16-13-12(19(20)21)9(2)17-14(15)18-13/h10-11H,3-8H2,1-2H3,(H,16,17,18). The number of hydrogen-bond acceptors (Lipinski definition) is 5. The van der Waals surface area contributed by atoms with Crippen LogP contribution in [0.5, 0.6) is 0 Å². The van der Waals surface area contributed by atoms with Crippen LogP contribution in [0, 0.1) is 28.9 Å². The fourth-order valence-electron chi connectivity index (χ4n) is 2.96. The van der Waals surface area contributed by atoms with Crippen molar-refractivity contribution in [2.24, 2.45) is 11.8 Å². The number of halogens is 1. The van der Waals surface area contributed by atoms with Gasteiger partial charge in [0.25, 0.3) is 0 Å². The first-order valence-corrected chi connectivity index (χ1v) is 7.81. The quantitative estimate of drug-likeness (QED) is 0.505. The van der Waals surface area contributed by atoms with E-state index in [-0.39, 0.29) is 22.5 Å². The van der Waals surface area contributed by atoms with E-state index in [2.05, 4.69) is 22.2 Å². The van der Waals surface area contributed by atoms with E-state index in [1.54, 1.807) is 6.92 Å². The summed E-state index contributed by atoms with van der Waals surface area (Å²) in [5.41, 5.74) is 0.207. The molecule has 0 saturated heterocycles. The summed E-state index contributed by atoms with van der Waals surface area (Å²) in [5.74, 6) is 1.61. The lowest BCUT2D eigenvalue weighted by molar-refractivity contribution is -0.385. The molecule has 1 aliphatic carbocycles. The SMILES string of the molecule is CCC1CCC(CNc2nc(Cl)nc(C)c2[N+](=O)[O-])CC1. The monoisotopic (exact) mass is 312 g/mol. The molecule has 0 aliphatic heterocycles. The van der Waals surface area contributed by atoms with Crippen LogP contribution >= 0.6 is 11.6 Å². The van der Waals surface area contributed by atoms with Gasteiger partial charge in [0.2, 0.25) is 11.1 Å². The number of hydrogen-bond donors (Lipinski definition) is 1. The molecule has 1 heterocycles. The van der Waals surface area contributed by atoms with Crippen molar-refractivity contribution >= 4 is 23.1 Å². The third-order valence-electron chi connectivity index (χ3n) is 4.32. The van der Waals surface area contributed by atoms with Crippen LogP contribution in [0.15, 0.2) is 0 Å². The average molecular weight is 313 g/mol. The highest BCUT2D eigenvalue weighted by molar-refractivity contribution is 6.28. The number of aryl methyl sites for hydroxylation is 1. The van der Waals surface area contributed by atoms with Crippen LogP contribution in [0.3, 0.4) is 0 Å². The Kier molecular flexibility index (Phi) is 5.33. The molecule has 6 nitrogen and oxygen atoms in total. The molecule has 0 atom stereocenters. The second kappa shape index (κ2) is 7.02. The molecule has 0 amide bonds. The molecule has 1 aliphatic rings. The van der Waals surface area contributed by atoms with Gasteiger partial charge in [-0.3, -0.25) is 10.1 Å². The molecule has 1 aromatic heterocycles. The number of nitrogens with one attached hydrogen (secondary N) is 1. The summed E-state index contributed by atoms with van der Waals surface area (Å²) in [7, 11) is 0. The summed E-state index contributed by atoms with van der Waals surface area (Å²) in [5, 5.41) is 14.3. The van der Waals surface area contributed by atoms with Crippen LogP contribution in [0.4, 0.5) is 11.5 Å². The van der Waals surface area contributed by atoms with Crippen molar-refractivity contribution < 1.29 is 4.92 Å². The third-order valence-corrected chi connectivity index (χ3v) is 4.48. The molecule has 0 spiro atoms. The molecule has 1 saturated carbocycles. The minimum atomic E-state index is -0.456. The van der Waals surface area contributed by atoms with Gasteiger partial charge in [0.05, 0.1) is 4.92 Å². The molecular formula is C14H21ClN4O2. The van der Waals surface area contributed by atoms with Crippen LogP contribution in [0.25, 0.3) is 0 Å². The first kappa shape index (κ1) is 15.9. The summed E-state index contributed by atoms with van der Waals surface area (Å²) in [6, 6.07) is 0. The molecule has 1 N–H and O–H groups in total. The smallest absolute Gasteiger partial charge is 0.332 e. The van der Waals surface area contributed by atoms with Gasteiger partial charge < -0.3 is 5.32 Å². The fourth-order valence-corrected chi connectivity index (χ4v) is 3.17. The fraction of sp³-hybridized carbons (Fsp3) is 0.714. The zero-order valence-electron chi connectivity index (χ0n) is 12.4. The van der Waals surface area contributed by atoms with Gasteiger partial charge in [-0.25, -0.2) is 4.98 Å². The van der Waals surface area contributed by atoms with Gasteiger partial charge in [0.1, 0.15) is 5.69 Å². The number of nitrogens with zero attached hydrogens (tertiary/aromatic N) is 3. The van der Waals surface area contributed by atoms with Gasteiger partial charge >= 0.3 is 5.69 Å². The summed E-state index contributed by atoms with van der Waals surface area (Å²) >= 11 is 5.80. The van der Waals surface area contributed by atoms with Crippen molar-refractivity contribution in [1.82, 2.24) is 9.97 Å². The first-order chi connectivity index (χ1) is 10.0. The summed E-state index contributed by atoms with van der Waals surface area (Å²) in [4.78, 5) is 18.5. The highest BCUT2D eigenvalue weighted by Gasteiger charge is 2.24. The number of rotatable bonds is 5. The van der Waals surface area contributed by atoms with Gasteiger partial charge in [-0.15, -0.1) is 0 Å². The van der Waals surface area contributed by atoms with E-state index < -0.39 is 4.92 Å². The molecule has 1 aromatic rings. The zero-order chi connectivity index (χ0) is 15.4. The van der Waals surface area contributed by atoms with Crippen molar-refractivity contribution in [3.63, 3.8) is 0 Å². The first-order valence-electron chi connectivity index (χ1n) is 7.43. The molecule has 0 unspecified atom stereocenters. The Morgan fingerprint density at radius 2 is 1.90 bits per heavy atom. The van der Waals surface area contributed by atoms with Crippen molar-refractivity contribution in [2.75, 3.05) is 11.9 Å². The van der Waals surface area contributed by atoms with Gasteiger partial charge in [-0.05, 0) is 43.2 Å². The van der Waals surface area contributed by atoms with Crippen molar-refractivity contribution in [2.45, 2.75) is 46.0 Å². The third kappa shape index (κ3) is 4.03. The molecule has 7 heteroatoms. The van der Waals surface area contributed by atoms with E-state index in [1.807, 2.05) is 0 Å². The minimum absolute atomic E-state index is 0.0373. The lowest BCUT2D eigenvalue weighted by atomic mass is 9.81. The average Bonchev–Trinajstić information content (AvgIpc) is 2.44. The van der Waals surface area contributed by atoms with Gasteiger partial charge in [-0.2, -0.15) is 4.98 Å².